The van der Waals surface area contributed by atoms with Crippen molar-refractivity contribution in [2.24, 2.45) is 0 Å². The lowest BCUT2D eigenvalue weighted by atomic mass is 9.98. The number of alkyl halides is 3. The van der Waals surface area contributed by atoms with E-state index in [-0.39, 0.29) is 29.7 Å². The molecule has 168 valence electrons. The minimum atomic E-state index is -4.45. The van der Waals surface area contributed by atoms with Gasteiger partial charge >= 0.3 is 6.18 Å². The van der Waals surface area contributed by atoms with Gasteiger partial charge in [-0.2, -0.15) is 18.3 Å². The summed E-state index contributed by atoms with van der Waals surface area (Å²) in [4.78, 5) is 17.1. The van der Waals surface area contributed by atoms with Crippen LogP contribution in [0.1, 0.15) is 41.6 Å². The molecule has 1 amide bonds. The van der Waals surface area contributed by atoms with Crippen LogP contribution in [0.15, 0.2) is 48.8 Å². The van der Waals surface area contributed by atoms with Gasteiger partial charge in [0, 0.05) is 12.4 Å². The second-order valence-electron chi connectivity index (χ2n) is 7.77. The number of nitrogens with zero attached hydrogens (tertiary/aromatic N) is 2. The molecule has 2 aromatic heterocycles. The van der Waals surface area contributed by atoms with E-state index in [1.807, 2.05) is 0 Å². The molecule has 0 saturated heterocycles. The minimum Gasteiger partial charge on any atom is -0.438 e. The van der Waals surface area contributed by atoms with Gasteiger partial charge in [-0.05, 0) is 49.2 Å². The van der Waals surface area contributed by atoms with Crippen LogP contribution in [0.25, 0.3) is 11.3 Å². The summed E-state index contributed by atoms with van der Waals surface area (Å²) in [6, 6.07) is 7.46. The van der Waals surface area contributed by atoms with Crippen molar-refractivity contribution in [3.8, 4) is 22.9 Å². The zero-order valence-electron chi connectivity index (χ0n) is 16.9. The van der Waals surface area contributed by atoms with Gasteiger partial charge < -0.3 is 15.2 Å². The lowest BCUT2D eigenvalue weighted by Crippen LogP contribution is -2.49. The van der Waals surface area contributed by atoms with E-state index >= 15 is 0 Å². The first kappa shape index (κ1) is 21.8. The Kier molecular flexibility index (Phi) is 5.88. The monoisotopic (exact) mass is 446 g/mol. The molecule has 0 spiro atoms. The van der Waals surface area contributed by atoms with Crippen molar-refractivity contribution in [2.45, 2.75) is 37.4 Å². The molecule has 3 aromatic rings. The van der Waals surface area contributed by atoms with Crippen molar-refractivity contribution >= 4 is 5.91 Å². The quantitative estimate of drug-likeness (QED) is 0.524. The van der Waals surface area contributed by atoms with E-state index in [1.54, 1.807) is 12.1 Å². The summed E-state index contributed by atoms with van der Waals surface area (Å²) >= 11 is 0. The molecule has 1 aliphatic carbocycles. The number of H-pyrrole nitrogens is 1. The zero-order valence-corrected chi connectivity index (χ0v) is 16.9. The van der Waals surface area contributed by atoms with Gasteiger partial charge in [-0.3, -0.25) is 9.89 Å². The molecule has 0 radical (unpaired) electrons. The van der Waals surface area contributed by atoms with Gasteiger partial charge in [-0.15, -0.1) is 0 Å². The number of aromatic amines is 1. The lowest BCUT2D eigenvalue weighted by Gasteiger charge is -2.28. The maximum absolute atomic E-state index is 12.9. The first-order valence-corrected chi connectivity index (χ1v) is 10.1. The lowest BCUT2D eigenvalue weighted by molar-refractivity contribution is -0.137. The van der Waals surface area contributed by atoms with Gasteiger partial charge in [0.1, 0.15) is 5.75 Å². The Balaban J connectivity index is 1.61. The van der Waals surface area contributed by atoms with Crippen molar-refractivity contribution < 1.29 is 27.8 Å². The molecule has 0 aliphatic heterocycles. The van der Waals surface area contributed by atoms with E-state index < -0.39 is 17.3 Å². The van der Waals surface area contributed by atoms with E-state index in [1.165, 1.54) is 24.5 Å². The Labute approximate surface area is 181 Å². The Hall–Kier alpha value is -3.40. The Bertz CT molecular complexity index is 1080. The topological polar surface area (TPSA) is 100 Å². The van der Waals surface area contributed by atoms with Crippen molar-refractivity contribution in [3.05, 3.63) is 59.9 Å². The average molecular weight is 446 g/mol. The number of ether oxygens (including phenoxy) is 1. The molecule has 10 heteroatoms. The summed E-state index contributed by atoms with van der Waals surface area (Å²) in [5, 5.41) is 19.4. The van der Waals surface area contributed by atoms with E-state index in [4.69, 9.17) is 4.74 Å². The molecule has 1 aromatic carbocycles. The normalized spacial score (nSPS) is 15.5. The number of aromatic nitrogens is 3. The fraction of sp³-hybridized carbons (Fsp3) is 0.318. The van der Waals surface area contributed by atoms with Gasteiger partial charge in [0.05, 0.1) is 34.5 Å². The van der Waals surface area contributed by atoms with Crippen molar-refractivity contribution in [2.75, 3.05) is 6.61 Å². The van der Waals surface area contributed by atoms with E-state index in [0.29, 0.717) is 24.1 Å². The number of rotatable bonds is 6. The standard InChI is InChI=1S/C22H21F3N4O3/c23-22(24,25)15-3-5-16(6-4-15)32-20-17(18-7-10-27-29-18)11-14(12-26-20)19(31)28-21(13-30)8-1-2-9-21/h3-7,10-12,30H,1-2,8-9,13H2,(H,27,29)(H,28,31). The SMILES string of the molecule is O=C(NC1(CO)CCCC1)c1cnc(Oc2ccc(C(F)(F)F)cc2)c(-c2ccn[nH]2)c1. The molecule has 4 rings (SSSR count). The van der Waals surface area contributed by atoms with Gasteiger partial charge in [0.25, 0.3) is 5.91 Å². The molecule has 1 fully saturated rings. The molecule has 0 unspecified atom stereocenters. The number of benzene rings is 1. The summed E-state index contributed by atoms with van der Waals surface area (Å²) in [6.07, 6.45) is 1.66. The van der Waals surface area contributed by atoms with Crippen LogP contribution in [-0.2, 0) is 6.18 Å². The number of aliphatic hydroxyl groups is 1. The van der Waals surface area contributed by atoms with E-state index in [2.05, 4.69) is 20.5 Å². The number of pyridine rings is 1. The number of carbonyl (C=O) groups excluding carboxylic acids is 1. The van der Waals surface area contributed by atoms with Gasteiger partial charge in [-0.25, -0.2) is 4.98 Å². The van der Waals surface area contributed by atoms with Crippen LogP contribution >= 0.6 is 0 Å². The fourth-order valence-electron chi connectivity index (χ4n) is 3.77. The predicted molar refractivity (Wildman–Crippen MR) is 109 cm³/mol. The highest BCUT2D eigenvalue weighted by atomic mass is 19.4. The fourth-order valence-corrected chi connectivity index (χ4v) is 3.77. The molecule has 2 heterocycles. The number of amides is 1. The maximum atomic E-state index is 12.9. The highest BCUT2D eigenvalue weighted by Gasteiger charge is 2.35. The van der Waals surface area contributed by atoms with E-state index in [0.717, 1.165) is 25.0 Å². The average Bonchev–Trinajstić information content (AvgIpc) is 3.46. The van der Waals surface area contributed by atoms with Gasteiger partial charge in [0.2, 0.25) is 5.88 Å². The summed E-state index contributed by atoms with van der Waals surface area (Å²) in [7, 11) is 0. The number of nitrogens with one attached hydrogen (secondary N) is 2. The molecule has 0 atom stereocenters. The van der Waals surface area contributed by atoms with Crippen LogP contribution < -0.4 is 10.1 Å². The largest absolute Gasteiger partial charge is 0.438 e. The third-order valence-electron chi connectivity index (χ3n) is 5.54. The van der Waals surface area contributed by atoms with Gasteiger partial charge in [0.15, 0.2) is 0 Å². The number of hydrogen-bond acceptors (Lipinski definition) is 5. The smallest absolute Gasteiger partial charge is 0.416 e. The second-order valence-corrected chi connectivity index (χ2v) is 7.77. The molecule has 0 bridgehead atoms. The number of aliphatic hydroxyl groups excluding tert-OH is 1. The van der Waals surface area contributed by atoms with Crippen LogP contribution in [0, 0.1) is 0 Å². The van der Waals surface area contributed by atoms with Crippen molar-refractivity contribution in [1.29, 1.82) is 0 Å². The van der Waals surface area contributed by atoms with Crippen molar-refractivity contribution in [1.82, 2.24) is 20.5 Å². The first-order valence-electron chi connectivity index (χ1n) is 10.1. The predicted octanol–water partition coefficient (Wildman–Crippen LogP) is 4.32. The Morgan fingerprint density at radius 1 is 1.19 bits per heavy atom. The molecular weight excluding hydrogens is 425 g/mol. The van der Waals surface area contributed by atoms with Crippen LogP contribution in [0.2, 0.25) is 0 Å². The van der Waals surface area contributed by atoms with Gasteiger partial charge in [-0.1, -0.05) is 12.8 Å². The molecule has 1 aliphatic rings. The summed E-state index contributed by atoms with van der Waals surface area (Å²) < 4.78 is 44.1. The second kappa shape index (κ2) is 8.62. The molecular formula is C22H21F3N4O3. The highest BCUT2D eigenvalue weighted by molar-refractivity contribution is 5.96. The van der Waals surface area contributed by atoms with Crippen LogP contribution in [-0.4, -0.2) is 38.3 Å². The number of halogens is 3. The third kappa shape index (κ3) is 4.59. The molecule has 3 N–H and O–H groups in total. The summed E-state index contributed by atoms with van der Waals surface area (Å²) in [6.45, 7) is -0.144. The van der Waals surface area contributed by atoms with Crippen LogP contribution in [0.3, 0.4) is 0 Å². The molecule has 1 saturated carbocycles. The van der Waals surface area contributed by atoms with Crippen molar-refractivity contribution in [3.63, 3.8) is 0 Å². The molecule has 7 nitrogen and oxygen atoms in total. The number of carbonyl (C=O) groups is 1. The molecule has 32 heavy (non-hydrogen) atoms. The summed E-state index contributed by atoms with van der Waals surface area (Å²) in [5.41, 5.74) is -0.232. The van der Waals surface area contributed by atoms with Crippen LogP contribution in [0.5, 0.6) is 11.6 Å². The zero-order chi connectivity index (χ0) is 22.8. The van der Waals surface area contributed by atoms with Crippen LogP contribution in [0.4, 0.5) is 13.2 Å². The maximum Gasteiger partial charge on any atom is 0.416 e. The third-order valence-corrected chi connectivity index (χ3v) is 5.54. The Morgan fingerprint density at radius 3 is 2.50 bits per heavy atom. The first-order chi connectivity index (χ1) is 15.3. The number of hydrogen-bond donors (Lipinski definition) is 3. The summed E-state index contributed by atoms with van der Waals surface area (Å²) in [5.74, 6) is -0.118. The van der Waals surface area contributed by atoms with E-state index in [9.17, 15) is 23.1 Å². The highest BCUT2D eigenvalue weighted by Crippen LogP contribution is 2.34. The Morgan fingerprint density at radius 2 is 1.91 bits per heavy atom. The minimum absolute atomic E-state index is 0.100.